The van der Waals surface area contributed by atoms with E-state index in [1.54, 1.807) is 0 Å². The predicted molar refractivity (Wildman–Crippen MR) is 137 cm³/mol. The van der Waals surface area contributed by atoms with E-state index in [9.17, 15) is 9.18 Å². The standard InChI is InChI=1S/C29H26FNO2S/c1-18-5-3-4-6-25(18)19(2)33-29(32)31-26-17-27(30)34-28(26)24-15-13-23(14-16-24)22-11-9-21(10-12-22)20-7-8-20/h3-6,9-17,19-20H,7-8H2,1-2H3,(H,31,32). The normalized spacial score (nSPS) is 14.0. The number of carbonyl (C=O) groups excluding carboxylic acids is 1. The van der Waals surface area contributed by atoms with E-state index in [0.717, 1.165) is 45.1 Å². The first-order valence-corrected chi connectivity index (χ1v) is 12.3. The van der Waals surface area contributed by atoms with Crippen LogP contribution in [-0.4, -0.2) is 6.09 Å². The zero-order valence-corrected chi connectivity index (χ0v) is 20.0. The molecular formula is C29H26FNO2S. The molecule has 1 aliphatic rings. The van der Waals surface area contributed by atoms with Gasteiger partial charge in [0.15, 0.2) is 5.13 Å². The highest BCUT2D eigenvalue weighted by atomic mass is 32.1. The van der Waals surface area contributed by atoms with Crippen molar-refractivity contribution < 1.29 is 13.9 Å². The lowest BCUT2D eigenvalue weighted by Crippen LogP contribution is -2.16. The monoisotopic (exact) mass is 471 g/mol. The first-order valence-electron chi connectivity index (χ1n) is 11.5. The summed E-state index contributed by atoms with van der Waals surface area (Å²) in [6, 6.07) is 25.8. The number of hydrogen-bond acceptors (Lipinski definition) is 3. The molecule has 0 spiro atoms. The third-order valence-electron chi connectivity index (χ3n) is 6.29. The summed E-state index contributed by atoms with van der Waals surface area (Å²) in [5.74, 6) is 0.738. The molecule has 3 nitrogen and oxygen atoms in total. The fraction of sp³-hybridized carbons (Fsp3) is 0.207. The Morgan fingerprint density at radius 1 is 0.971 bits per heavy atom. The molecule has 4 aromatic rings. The van der Waals surface area contributed by atoms with Crippen molar-refractivity contribution in [1.29, 1.82) is 0 Å². The molecule has 1 N–H and O–H groups in total. The minimum absolute atomic E-state index is 0.364. The molecule has 0 bridgehead atoms. The molecule has 0 radical (unpaired) electrons. The summed E-state index contributed by atoms with van der Waals surface area (Å²) in [5.41, 5.74) is 6.90. The van der Waals surface area contributed by atoms with Crippen LogP contribution in [0.2, 0.25) is 0 Å². The van der Waals surface area contributed by atoms with Crippen LogP contribution in [0.25, 0.3) is 21.6 Å². The van der Waals surface area contributed by atoms with Gasteiger partial charge >= 0.3 is 6.09 Å². The predicted octanol–water partition coefficient (Wildman–Crippen LogP) is 8.72. The molecular weight excluding hydrogens is 445 g/mol. The molecule has 172 valence electrons. The highest BCUT2D eigenvalue weighted by Crippen LogP contribution is 2.41. The van der Waals surface area contributed by atoms with Crippen molar-refractivity contribution in [2.45, 2.75) is 38.7 Å². The highest BCUT2D eigenvalue weighted by Gasteiger charge is 2.23. The van der Waals surface area contributed by atoms with Crippen LogP contribution >= 0.6 is 11.3 Å². The maximum Gasteiger partial charge on any atom is 0.412 e. The summed E-state index contributed by atoms with van der Waals surface area (Å²) in [6.45, 7) is 3.80. The van der Waals surface area contributed by atoms with Crippen molar-refractivity contribution in [1.82, 2.24) is 0 Å². The molecule has 1 saturated carbocycles. The number of halogens is 1. The second-order valence-corrected chi connectivity index (χ2v) is 9.80. The van der Waals surface area contributed by atoms with Gasteiger partial charge < -0.3 is 4.74 Å². The van der Waals surface area contributed by atoms with E-state index in [1.165, 1.54) is 24.5 Å². The minimum atomic E-state index is -0.609. The molecule has 1 heterocycles. The quantitative estimate of drug-likeness (QED) is 0.305. The summed E-state index contributed by atoms with van der Waals surface area (Å²) in [5, 5.41) is 2.36. The Balaban J connectivity index is 1.30. The lowest BCUT2D eigenvalue weighted by Gasteiger charge is -2.16. The Labute approximate surface area is 203 Å². The fourth-order valence-electron chi connectivity index (χ4n) is 4.25. The molecule has 1 atom stereocenters. The number of hydrogen-bond donors (Lipinski definition) is 1. The Bertz CT molecular complexity index is 1310. The van der Waals surface area contributed by atoms with Gasteiger partial charge in [0, 0.05) is 6.07 Å². The smallest absolute Gasteiger partial charge is 0.412 e. The third-order valence-corrected chi connectivity index (χ3v) is 7.26. The fourth-order valence-corrected chi connectivity index (χ4v) is 5.10. The number of aryl methyl sites for hydroxylation is 1. The van der Waals surface area contributed by atoms with Crippen LogP contribution in [0.15, 0.2) is 78.9 Å². The van der Waals surface area contributed by atoms with Gasteiger partial charge in [0.2, 0.25) is 0 Å². The van der Waals surface area contributed by atoms with Crippen molar-refractivity contribution in [3.8, 4) is 21.6 Å². The Hall–Kier alpha value is -3.44. The first-order chi connectivity index (χ1) is 16.5. The van der Waals surface area contributed by atoms with Gasteiger partial charge in [-0.2, -0.15) is 4.39 Å². The van der Waals surface area contributed by atoms with Gasteiger partial charge in [-0.1, -0.05) is 72.8 Å². The average molecular weight is 472 g/mol. The summed E-state index contributed by atoms with van der Waals surface area (Å²) < 4.78 is 19.7. The molecule has 1 amide bonds. The summed E-state index contributed by atoms with van der Waals surface area (Å²) in [4.78, 5) is 13.2. The van der Waals surface area contributed by atoms with Gasteiger partial charge in [-0.05, 0) is 66.0 Å². The SMILES string of the molecule is Cc1ccccc1C(C)OC(=O)Nc1cc(F)sc1-c1ccc(-c2ccc(C3CC3)cc2)cc1. The molecule has 1 aromatic heterocycles. The number of ether oxygens (including phenoxy) is 1. The van der Waals surface area contributed by atoms with E-state index in [4.69, 9.17) is 4.74 Å². The van der Waals surface area contributed by atoms with Gasteiger partial charge in [-0.3, -0.25) is 5.32 Å². The zero-order valence-electron chi connectivity index (χ0n) is 19.2. The highest BCUT2D eigenvalue weighted by molar-refractivity contribution is 7.14. The lowest BCUT2D eigenvalue weighted by atomic mass is 10.0. The molecule has 5 rings (SSSR count). The van der Waals surface area contributed by atoms with Gasteiger partial charge in [0.05, 0.1) is 10.6 Å². The molecule has 1 fully saturated rings. The van der Waals surface area contributed by atoms with Crippen molar-refractivity contribution in [3.63, 3.8) is 0 Å². The second kappa shape index (κ2) is 9.43. The van der Waals surface area contributed by atoms with E-state index in [1.807, 2.05) is 62.4 Å². The largest absolute Gasteiger partial charge is 0.441 e. The molecule has 34 heavy (non-hydrogen) atoms. The van der Waals surface area contributed by atoms with Crippen LogP contribution in [0.1, 0.15) is 48.5 Å². The summed E-state index contributed by atoms with van der Waals surface area (Å²) in [6.07, 6.45) is 1.56. The van der Waals surface area contributed by atoms with Crippen LogP contribution in [-0.2, 0) is 4.74 Å². The maximum absolute atomic E-state index is 14.2. The Morgan fingerprint density at radius 3 is 2.24 bits per heavy atom. The number of anilines is 1. The maximum atomic E-state index is 14.2. The van der Waals surface area contributed by atoms with E-state index in [2.05, 4.69) is 29.6 Å². The number of nitrogens with one attached hydrogen (secondary N) is 1. The van der Waals surface area contributed by atoms with Gasteiger partial charge in [0.1, 0.15) is 6.10 Å². The first kappa shape index (κ1) is 22.4. The van der Waals surface area contributed by atoms with Gasteiger partial charge in [-0.25, -0.2) is 4.79 Å². The van der Waals surface area contributed by atoms with Gasteiger partial charge in [-0.15, -0.1) is 11.3 Å². The van der Waals surface area contributed by atoms with E-state index in [-0.39, 0.29) is 5.13 Å². The van der Waals surface area contributed by atoms with Crippen LogP contribution in [0.3, 0.4) is 0 Å². The molecule has 0 aliphatic heterocycles. The van der Waals surface area contributed by atoms with Crippen molar-refractivity contribution >= 4 is 23.1 Å². The topological polar surface area (TPSA) is 38.3 Å². The van der Waals surface area contributed by atoms with E-state index >= 15 is 0 Å². The molecule has 5 heteroatoms. The number of rotatable bonds is 6. The Morgan fingerprint density at radius 2 is 1.59 bits per heavy atom. The minimum Gasteiger partial charge on any atom is -0.441 e. The lowest BCUT2D eigenvalue weighted by molar-refractivity contribution is 0.121. The average Bonchev–Trinajstić information content (AvgIpc) is 3.62. The Kier molecular flexibility index (Phi) is 6.20. The molecule has 1 unspecified atom stereocenters. The molecule has 1 aliphatic carbocycles. The molecule has 3 aromatic carbocycles. The number of benzene rings is 3. The van der Waals surface area contributed by atoms with Crippen molar-refractivity contribution in [2.24, 2.45) is 0 Å². The van der Waals surface area contributed by atoms with Crippen molar-refractivity contribution in [2.75, 3.05) is 5.32 Å². The van der Waals surface area contributed by atoms with Crippen LogP contribution in [0.5, 0.6) is 0 Å². The van der Waals surface area contributed by atoms with Gasteiger partial charge in [0.25, 0.3) is 0 Å². The summed E-state index contributed by atoms with van der Waals surface area (Å²) in [7, 11) is 0. The summed E-state index contributed by atoms with van der Waals surface area (Å²) >= 11 is 1.00. The van der Waals surface area contributed by atoms with Crippen LogP contribution in [0.4, 0.5) is 14.9 Å². The number of thiophene rings is 1. The van der Waals surface area contributed by atoms with Crippen LogP contribution in [0, 0.1) is 12.1 Å². The van der Waals surface area contributed by atoms with Crippen molar-refractivity contribution in [3.05, 3.63) is 101 Å². The number of carbonyl (C=O) groups is 1. The van der Waals surface area contributed by atoms with E-state index < -0.39 is 12.2 Å². The number of amides is 1. The van der Waals surface area contributed by atoms with Crippen LogP contribution < -0.4 is 5.32 Å². The van der Waals surface area contributed by atoms with E-state index in [0.29, 0.717) is 10.6 Å². The zero-order chi connectivity index (χ0) is 23.7. The molecule has 0 saturated heterocycles. The third kappa shape index (κ3) is 4.90. The second-order valence-electron chi connectivity index (χ2n) is 8.80.